The van der Waals surface area contributed by atoms with Crippen LogP contribution in [0, 0.1) is 6.92 Å². The van der Waals surface area contributed by atoms with Gasteiger partial charge in [0.2, 0.25) is 11.8 Å². The molecule has 2 aromatic heterocycles. The third-order valence-corrected chi connectivity index (χ3v) is 5.40. The molecular weight excluding hydrogens is 312 g/mol. The summed E-state index contributed by atoms with van der Waals surface area (Å²) in [4.78, 5) is 7.32. The minimum Gasteiger partial charge on any atom is -0.425 e. The summed E-state index contributed by atoms with van der Waals surface area (Å²) >= 11 is 0. The summed E-state index contributed by atoms with van der Waals surface area (Å²) in [7, 11) is 0. The number of hydrogen-bond donors (Lipinski definition) is 0. The number of aryl methyl sites for hydroxylation is 2. The van der Waals surface area contributed by atoms with E-state index in [2.05, 4.69) is 54.9 Å². The first-order valence-electron chi connectivity index (χ1n) is 9.52. The molecule has 1 aliphatic heterocycles. The van der Waals surface area contributed by atoms with Gasteiger partial charge in [-0.15, -0.1) is 10.2 Å². The van der Waals surface area contributed by atoms with Crippen molar-refractivity contribution in [3.05, 3.63) is 40.9 Å². The first-order valence-corrected chi connectivity index (χ1v) is 9.52. The summed E-state index contributed by atoms with van der Waals surface area (Å²) < 4.78 is 5.85. The maximum atomic E-state index is 5.85. The van der Waals surface area contributed by atoms with Gasteiger partial charge in [0.25, 0.3) is 0 Å². The highest BCUT2D eigenvalue weighted by Gasteiger charge is 2.32. The summed E-state index contributed by atoms with van der Waals surface area (Å²) in [6, 6.07) is 4.81. The third kappa shape index (κ3) is 3.92. The summed E-state index contributed by atoms with van der Waals surface area (Å²) in [6.45, 7) is 12.9. The van der Waals surface area contributed by atoms with Crippen molar-refractivity contribution in [2.24, 2.45) is 0 Å². The molecule has 3 rings (SSSR count). The molecule has 0 amide bonds. The van der Waals surface area contributed by atoms with Crippen molar-refractivity contribution in [2.75, 3.05) is 6.54 Å². The van der Waals surface area contributed by atoms with Crippen molar-refractivity contribution in [3.63, 3.8) is 0 Å². The Morgan fingerprint density at radius 1 is 1.28 bits per heavy atom. The molecule has 5 heteroatoms. The van der Waals surface area contributed by atoms with Crippen molar-refractivity contribution in [2.45, 2.75) is 78.3 Å². The van der Waals surface area contributed by atoms with Crippen LogP contribution in [0.2, 0.25) is 0 Å². The van der Waals surface area contributed by atoms with E-state index in [-0.39, 0.29) is 0 Å². The van der Waals surface area contributed by atoms with E-state index in [0.29, 0.717) is 17.9 Å². The Labute approximate surface area is 150 Å². The normalized spacial score (nSPS) is 21.8. The van der Waals surface area contributed by atoms with Crippen molar-refractivity contribution in [1.82, 2.24) is 20.1 Å². The smallest absolute Gasteiger partial charge is 0.221 e. The van der Waals surface area contributed by atoms with E-state index in [1.54, 1.807) is 0 Å². The molecule has 1 aliphatic rings. The Hall–Kier alpha value is -1.75. The Bertz CT molecular complexity index is 709. The zero-order valence-corrected chi connectivity index (χ0v) is 16.1. The molecule has 0 aromatic carbocycles. The standard InChI is InChI=1S/C20H30N4O/c1-6-19-22-23-20(25-19)17-8-7-11-24(15(17)5)12-16-9-10-18(13(2)3)21-14(16)4/h9-10,13,15,17H,6-8,11-12H2,1-5H3/t15-,17-/m0/s1. The summed E-state index contributed by atoms with van der Waals surface area (Å²) in [6.07, 6.45) is 3.08. The van der Waals surface area contributed by atoms with Gasteiger partial charge in [-0.1, -0.05) is 26.8 Å². The van der Waals surface area contributed by atoms with Crippen LogP contribution in [0.3, 0.4) is 0 Å². The molecule has 2 atom stereocenters. The van der Waals surface area contributed by atoms with Gasteiger partial charge in [0.05, 0.1) is 5.92 Å². The van der Waals surface area contributed by atoms with Crippen LogP contribution in [0.25, 0.3) is 0 Å². The lowest BCUT2D eigenvalue weighted by atomic mass is 9.89. The molecule has 0 saturated carbocycles. The van der Waals surface area contributed by atoms with Crippen LogP contribution in [-0.2, 0) is 13.0 Å². The molecule has 0 unspecified atom stereocenters. The molecule has 0 bridgehead atoms. The van der Waals surface area contributed by atoms with Crippen LogP contribution in [0.5, 0.6) is 0 Å². The molecule has 2 aromatic rings. The molecule has 5 nitrogen and oxygen atoms in total. The minimum absolute atomic E-state index is 0.324. The molecule has 0 radical (unpaired) electrons. The summed E-state index contributed by atoms with van der Waals surface area (Å²) in [5, 5.41) is 8.44. The first-order chi connectivity index (χ1) is 12.0. The lowest BCUT2D eigenvalue weighted by Crippen LogP contribution is -2.42. The lowest BCUT2D eigenvalue weighted by molar-refractivity contribution is 0.118. The van der Waals surface area contributed by atoms with Gasteiger partial charge in [0.1, 0.15) is 0 Å². The Morgan fingerprint density at radius 2 is 2.08 bits per heavy atom. The SMILES string of the molecule is CCc1nnc([C@H]2CCCN(Cc3ccc(C(C)C)nc3C)[C@H]2C)o1. The molecule has 136 valence electrons. The molecule has 1 saturated heterocycles. The monoisotopic (exact) mass is 342 g/mol. The number of nitrogens with zero attached hydrogens (tertiary/aromatic N) is 4. The fraction of sp³-hybridized carbons (Fsp3) is 0.650. The largest absolute Gasteiger partial charge is 0.425 e. The van der Waals surface area contributed by atoms with Crippen molar-refractivity contribution in [1.29, 1.82) is 0 Å². The second-order valence-corrected chi connectivity index (χ2v) is 7.48. The van der Waals surface area contributed by atoms with Gasteiger partial charge >= 0.3 is 0 Å². The van der Waals surface area contributed by atoms with Crippen molar-refractivity contribution < 1.29 is 4.42 Å². The molecule has 25 heavy (non-hydrogen) atoms. The molecule has 0 N–H and O–H groups in total. The third-order valence-electron chi connectivity index (χ3n) is 5.40. The van der Waals surface area contributed by atoms with Gasteiger partial charge in [-0.3, -0.25) is 9.88 Å². The zero-order valence-electron chi connectivity index (χ0n) is 16.1. The fourth-order valence-corrected chi connectivity index (χ4v) is 3.64. The highest BCUT2D eigenvalue weighted by Crippen LogP contribution is 2.33. The molecule has 0 spiro atoms. The van der Waals surface area contributed by atoms with E-state index in [9.17, 15) is 0 Å². The van der Waals surface area contributed by atoms with Crippen molar-refractivity contribution >= 4 is 0 Å². The van der Waals surface area contributed by atoms with E-state index in [1.165, 1.54) is 11.3 Å². The van der Waals surface area contributed by atoms with Gasteiger partial charge in [-0.05, 0) is 50.8 Å². The minimum atomic E-state index is 0.324. The van der Waals surface area contributed by atoms with Gasteiger partial charge in [0.15, 0.2) is 0 Å². The van der Waals surface area contributed by atoms with E-state index in [0.717, 1.165) is 49.8 Å². The van der Waals surface area contributed by atoms with Crippen molar-refractivity contribution in [3.8, 4) is 0 Å². The second kappa shape index (κ2) is 7.65. The highest BCUT2D eigenvalue weighted by atomic mass is 16.4. The molecule has 0 aliphatic carbocycles. The van der Waals surface area contributed by atoms with E-state index < -0.39 is 0 Å². The van der Waals surface area contributed by atoms with E-state index in [4.69, 9.17) is 9.40 Å². The summed E-state index contributed by atoms with van der Waals surface area (Å²) in [5.74, 6) is 2.34. The van der Waals surface area contributed by atoms with Crippen LogP contribution < -0.4 is 0 Å². The maximum Gasteiger partial charge on any atom is 0.221 e. The highest BCUT2D eigenvalue weighted by molar-refractivity contribution is 5.23. The Kier molecular flexibility index (Phi) is 5.52. The predicted octanol–water partition coefficient (Wildman–Crippen LogP) is 4.23. The number of rotatable bonds is 5. The van der Waals surface area contributed by atoms with Crippen LogP contribution in [0.1, 0.15) is 81.1 Å². The number of hydrogen-bond acceptors (Lipinski definition) is 5. The second-order valence-electron chi connectivity index (χ2n) is 7.48. The topological polar surface area (TPSA) is 55.1 Å². The van der Waals surface area contributed by atoms with Gasteiger partial charge in [-0.25, -0.2) is 0 Å². The first kappa shape index (κ1) is 18.1. The van der Waals surface area contributed by atoms with Gasteiger partial charge in [-0.2, -0.15) is 0 Å². The van der Waals surface area contributed by atoms with E-state index in [1.807, 2.05) is 6.92 Å². The van der Waals surface area contributed by atoms with Gasteiger partial charge < -0.3 is 4.42 Å². The zero-order chi connectivity index (χ0) is 18.0. The molecule has 3 heterocycles. The maximum absolute atomic E-state index is 5.85. The molecule has 1 fully saturated rings. The lowest BCUT2D eigenvalue weighted by Gasteiger charge is -2.38. The van der Waals surface area contributed by atoms with Gasteiger partial charge in [0, 0.05) is 30.4 Å². The fourth-order valence-electron chi connectivity index (χ4n) is 3.64. The molecular formula is C20H30N4O. The van der Waals surface area contributed by atoms with E-state index >= 15 is 0 Å². The Balaban J connectivity index is 1.74. The number of piperidine rings is 1. The Morgan fingerprint density at radius 3 is 2.72 bits per heavy atom. The van der Waals surface area contributed by atoms with Crippen LogP contribution in [0.15, 0.2) is 16.5 Å². The number of pyridine rings is 1. The summed E-state index contributed by atoms with van der Waals surface area (Å²) in [5.41, 5.74) is 3.63. The van der Waals surface area contributed by atoms with Crippen LogP contribution in [-0.4, -0.2) is 32.7 Å². The average Bonchev–Trinajstić information content (AvgIpc) is 3.07. The number of likely N-dealkylation sites (tertiary alicyclic amines) is 1. The van der Waals surface area contributed by atoms with Crippen LogP contribution >= 0.6 is 0 Å². The van der Waals surface area contributed by atoms with Crippen LogP contribution in [0.4, 0.5) is 0 Å². The predicted molar refractivity (Wildman–Crippen MR) is 98.6 cm³/mol. The quantitative estimate of drug-likeness (QED) is 0.814. The number of aromatic nitrogens is 3. The average molecular weight is 342 g/mol.